The fraction of sp³-hybridized carbons (Fsp3) is 0.360. The number of nitrogens with one attached hydrogen (secondary N) is 1. The van der Waals surface area contributed by atoms with Gasteiger partial charge in [-0.1, -0.05) is 12.1 Å². The van der Waals surface area contributed by atoms with Crippen LogP contribution in [0.25, 0.3) is 6.08 Å². The first-order valence-corrected chi connectivity index (χ1v) is 10.6. The van der Waals surface area contributed by atoms with E-state index in [1.807, 2.05) is 47.4 Å². The lowest BCUT2D eigenvalue weighted by atomic mass is 10.1. The minimum atomic E-state index is -0.653. The zero-order valence-electron chi connectivity index (χ0n) is 19.0. The highest BCUT2D eigenvalue weighted by atomic mass is 16.5. The first-order valence-electron chi connectivity index (χ1n) is 10.6. The fourth-order valence-corrected chi connectivity index (χ4v) is 3.42. The molecule has 0 bridgehead atoms. The van der Waals surface area contributed by atoms with Gasteiger partial charge in [0.25, 0.3) is 0 Å². The molecule has 7 nitrogen and oxygen atoms in total. The summed E-state index contributed by atoms with van der Waals surface area (Å²) in [7, 11) is 4.81. The molecule has 0 spiro atoms. The van der Waals surface area contributed by atoms with Gasteiger partial charge in [-0.2, -0.15) is 0 Å². The SMILES string of the molecule is COc1ccc(/C=C/C(=O)NC(C)C(=O)N(Cc2cc(OC)ccc2OC)C2CC2)cc1. The number of nitrogens with zero attached hydrogens (tertiary/aromatic N) is 1. The minimum Gasteiger partial charge on any atom is -0.497 e. The maximum absolute atomic E-state index is 13.2. The number of ether oxygens (including phenoxy) is 3. The molecule has 1 atom stereocenters. The molecule has 2 aromatic carbocycles. The monoisotopic (exact) mass is 438 g/mol. The van der Waals surface area contributed by atoms with Crippen LogP contribution in [0.2, 0.25) is 0 Å². The zero-order chi connectivity index (χ0) is 23.1. The molecule has 1 N–H and O–H groups in total. The van der Waals surface area contributed by atoms with Gasteiger partial charge in [0.1, 0.15) is 23.3 Å². The van der Waals surface area contributed by atoms with Crippen molar-refractivity contribution in [3.05, 3.63) is 59.7 Å². The quantitative estimate of drug-likeness (QED) is 0.575. The van der Waals surface area contributed by atoms with Crippen LogP contribution in [0.4, 0.5) is 0 Å². The van der Waals surface area contributed by atoms with Gasteiger partial charge in [-0.05, 0) is 61.7 Å². The van der Waals surface area contributed by atoms with E-state index in [-0.39, 0.29) is 17.9 Å². The van der Waals surface area contributed by atoms with Gasteiger partial charge in [0.2, 0.25) is 11.8 Å². The van der Waals surface area contributed by atoms with E-state index in [1.54, 1.807) is 34.3 Å². The van der Waals surface area contributed by atoms with Crippen molar-refractivity contribution >= 4 is 17.9 Å². The van der Waals surface area contributed by atoms with Gasteiger partial charge in [0.15, 0.2) is 0 Å². The van der Waals surface area contributed by atoms with Gasteiger partial charge in [-0.25, -0.2) is 0 Å². The van der Waals surface area contributed by atoms with E-state index in [9.17, 15) is 9.59 Å². The molecule has 1 aliphatic carbocycles. The number of carbonyl (C=O) groups is 2. The summed E-state index contributed by atoms with van der Waals surface area (Å²) in [6.07, 6.45) is 5.04. The number of hydrogen-bond acceptors (Lipinski definition) is 5. The Hall–Kier alpha value is -3.48. The third kappa shape index (κ3) is 6.03. The molecule has 0 radical (unpaired) electrons. The van der Waals surface area contributed by atoms with Gasteiger partial charge in [0.05, 0.1) is 21.3 Å². The van der Waals surface area contributed by atoms with Crippen LogP contribution in [0.15, 0.2) is 48.5 Å². The van der Waals surface area contributed by atoms with E-state index in [4.69, 9.17) is 14.2 Å². The van der Waals surface area contributed by atoms with Gasteiger partial charge >= 0.3 is 0 Å². The molecule has 170 valence electrons. The summed E-state index contributed by atoms with van der Waals surface area (Å²) in [6, 6.07) is 12.4. The van der Waals surface area contributed by atoms with Crippen LogP contribution in [0.3, 0.4) is 0 Å². The second-order valence-corrected chi connectivity index (χ2v) is 7.71. The molecular weight excluding hydrogens is 408 g/mol. The second-order valence-electron chi connectivity index (χ2n) is 7.71. The van der Waals surface area contributed by atoms with E-state index < -0.39 is 6.04 Å². The molecule has 32 heavy (non-hydrogen) atoms. The first kappa shape index (κ1) is 23.2. The summed E-state index contributed by atoms with van der Waals surface area (Å²) < 4.78 is 15.9. The van der Waals surface area contributed by atoms with Gasteiger partial charge in [-0.15, -0.1) is 0 Å². The predicted octanol–water partition coefficient (Wildman–Crippen LogP) is 3.42. The molecule has 0 aromatic heterocycles. The number of benzene rings is 2. The normalized spacial score (nSPS) is 14.0. The van der Waals surface area contributed by atoms with Crippen LogP contribution in [-0.2, 0) is 16.1 Å². The summed E-state index contributed by atoms with van der Waals surface area (Å²) in [5.41, 5.74) is 1.73. The lowest BCUT2D eigenvalue weighted by Crippen LogP contribution is -2.47. The average Bonchev–Trinajstić information content (AvgIpc) is 3.66. The van der Waals surface area contributed by atoms with Crippen LogP contribution >= 0.6 is 0 Å². The number of hydrogen-bond donors (Lipinski definition) is 1. The topological polar surface area (TPSA) is 77.1 Å². The molecule has 1 aliphatic rings. The summed E-state index contributed by atoms with van der Waals surface area (Å²) >= 11 is 0. The number of amides is 2. The molecule has 2 amide bonds. The van der Waals surface area contributed by atoms with E-state index in [0.717, 1.165) is 29.7 Å². The Balaban J connectivity index is 1.64. The highest BCUT2D eigenvalue weighted by Gasteiger charge is 2.35. The summed E-state index contributed by atoms with van der Waals surface area (Å²) in [5.74, 6) is 1.70. The summed E-state index contributed by atoms with van der Waals surface area (Å²) in [6.45, 7) is 2.10. The van der Waals surface area contributed by atoms with Crippen LogP contribution in [0, 0.1) is 0 Å². The molecule has 1 unspecified atom stereocenters. The Morgan fingerprint density at radius 3 is 2.28 bits per heavy atom. The average molecular weight is 439 g/mol. The van der Waals surface area contributed by atoms with Crippen molar-refractivity contribution < 1.29 is 23.8 Å². The number of methoxy groups -OCH3 is 3. The van der Waals surface area contributed by atoms with Crippen LogP contribution in [0.1, 0.15) is 30.9 Å². The smallest absolute Gasteiger partial charge is 0.245 e. The fourth-order valence-electron chi connectivity index (χ4n) is 3.42. The van der Waals surface area contributed by atoms with Crippen molar-refractivity contribution in [3.8, 4) is 17.2 Å². The Morgan fingerprint density at radius 2 is 1.69 bits per heavy atom. The molecule has 3 rings (SSSR count). The Bertz CT molecular complexity index is 967. The first-order chi connectivity index (χ1) is 15.4. The molecule has 1 saturated carbocycles. The van der Waals surface area contributed by atoms with Gasteiger partial charge in [0, 0.05) is 24.2 Å². The maximum atomic E-state index is 13.2. The Morgan fingerprint density at radius 1 is 1.03 bits per heavy atom. The van der Waals surface area contributed by atoms with Crippen LogP contribution in [0.5, 0.6) is 17.2 Å². The van der Waals surface area contributed by atoms with Gasteiger partial charge in [-0.3, -0.25) is 9.59 Å². The van der Waals surface area contributed by atoms with Crippen LogP contribution in [-0.4, -0.2) is 50.1 Å². The summed E-state index contributed by atoms with van der Waals surface area (Å²) in [4.78, 5) is 27.4. The molecule has 0 saturated heterocycles. The van der Waals surface area contributed by atoms with Crippen molar-refractivity contribution in [1.82, 2.24) is 10.2 Å². The maximum Gasteiger partial charge on any atom is 0.245 e. The van der Waals surface area contributed by atoms with E-state index >= 15 is 0 Å². The van der Waals surface area contributed by atoms with E-state index in [1.165, 1.54) is 6.08 Å². The van der Waals surface area contributed by atoms with E-state index in [2.05, 4.69) is 5.32 Å². The van der Waals surface area contributed by atoms with Crippen molar-refractivity contribution in [2.45, 2.75) is 38.4 Å². The predicted molar refractivity (Wildman–Crippen MR) is 123 cm³/mol. The summed E-state index contributed by atoms with van der Waals surface area (Å²) in [5, 5.41) is 2.77. The van der Waals surface area contributed by atoms with Crippen molar-refractivity contribution in [2.75, 3.05) is 21.3 Å². The zero-order valence-corrected chi connectivity index (χ0v) is 19.0. The molecule has 7 heteroatoms. The molecule has 1 fully saturated rings. The van der Waals surface area contributed by atoms with Crippen molar-refractivity contribution in [1.29, 1.82) is 0 Å². The standard InChI is InChI=1S/C25H30N2O5/c1-17(26-24(28)14-7-18-5-10-21(30-2)11-6-18)25(29)27(20-8-9-20)16-19-15-22(31-3)12-13-23(19)32-4/h5-7,10-15,17,20H,8-9,16H2,1-4H3,(H,26,28)/b14-7+. The molecule has 0 aliphatic heterocycles. The number of carbonyl (C=O) groups excluding carboxylic acids is 2. The van der Waals surface area contributed by atoms with Crippen LogP contribution < -0.4 is 19.5 Å². The van der Waals surface area contributed by atoms with Gasteiger partial charge < -0.3 is 24.4 Å². The Labute approximate surface area is 189 Å². The minimum absolute atomic E-state index is 0.122. The van der Waals surface area contributed by atoms with E-state index in [0.29, 0.717) is 18.0 Å². The lowest BCUT2D eigenvalue weighted by Gasteiger charge is -2.27. The molecule has 0 heterocycles. The number of rotatable bonds is 10. The highest BCUT2D eigenvalue weighted by molar-refractivity contribution is 5.95. The lowest BCUT2D eigenvalue weighted by molar-refractivity contribution is -0.136. The molecular formula is C25H30N2O5. The third-order valence-electron chi connectivity index (χ3n) is 5.37. The highest BCUT2D eigenvalue weighted by Crippen LogP contribution is 2.32. The Kier molecular flexibility index (Phi) is 7.76. The molecule has 2 aromatic rings. The van der Waals surface area contributed by atoms with Crippen molar-refractivity contribution in [3.63, 3.8) is 0 Å². The third-order valence-corrected chi connectivity index (χ3v) is 5.37. The second kappa shape index (κ2) is 10.7. The largest absolute Gasteiger partial charge is 0.497 e. The van der Waals surface area contributed by atoms with Crippen molar-refractivity contribution in [2.24, 2.45) is 0 Å².